The van der Waals surface area contributed by atoms with Gasteiger partial charge in [-0.15, -0.1) is 0 Å². The molecule has 110 valence electrons. The van der Waals surface area contributed by atoms with Gasteiger partial charge in [0.25, 0.3) is 5.69 Å². The summed E-state index contributed by atoms with van der Waals surface area (Å²) < 4.78 is 18.5. The van der Waals surface area contributed by atoms with Crippen LogP contribution in [0.5, 0.6) is 0 Å². The summed E-state index contributed by atoms with van der Waals surface area (Å²) in [7, 11) is 1.28. The van der Waals surface area contributed by atoms with Gasteiger partial charge in [-0.05, 0) is 42.8 Å². The number of hydrogen-bond acceptors (Lipinski definition) is 4. The van der Waals surface area contributed by atoms with Crippen molar-refractivity contribution in [2.24, 2.45) is 0 Å². The first-order valence-electron chi connectivity index (χ1n) is 5.63. The van der Waals surface area contributed by atoms with E-state index in [1.54, 1.807) is 20.8 Å². The van der Waals surface area contributed by atoms with Gasteiger partial charge in [0.1, 0.15) is 17.1 Å². The minimum Gasteiger partial charge on any atom is -0.443 e. The van der Waals surface area contributed by atoms with E-state index in [0.29, 0.717) is 0 Å². The number of hydrogen-bond donors (Lipinski definition) is 0. The summed E-state index contributed by atoms with van der Waals surface area (Å²) in [6.45, 7) is 4.98. The van der Waals surface area contributed by atoms with Crippen LogP contribution in [0.3, 0.4) is 0 Å². The predicted molar refractivity (Wildman–Crippen MR) is 75.4 cm³/mol. The van der Waals surface area contributed by atoms with E-state index in [1.807, 2.05) is 0 Å². The minimum atomic E-state index is -0.813. The van der Waals surface area contributed by atoms with Crippen LogP contribution < -0.4 is 4.90 Å². The van der Waals surface area contributed by atoms with Gasteiger partial charge < -0.3 is 4.74 Å². The molecule has 6 nitrogen and oxygen atoms in total. The van der Waals surface area contributed by atoms with Crippen LogP contribution in [0, 0.1) is 15.9 Å². The van der Waals surface area contributed by atoms with Gasteiger partial charge in [0, 0.05) is 13.1 Å². The number of nitro groups is 1. The highest BCUT2D eigenvalue weighted by atomic mass is 79.9. The maximum Gasteiger partial charge on any atom is 0.414 e. The van der Waals surface area contributed by atoms with Crippen LogP contribution in [0.15, 0.2) is 16.6 Å². The minimum absolute atomic E-state index is 0.167. The molecule has 1 aromatic rings. The third kappa shape index (κ3) is 3.66. The lowest BCUT2D eigenvalue weighted by Gasteiger charge is -2.25. The Kier molecular flexibility index (Phi) is 4.69. The smallest absolute Gasteiger partial charge is 0.414 e. The van der Waals surface area contributed by atoms with Crippen LogP contribution in [-0.4, -0.2) is 23.7 Å². The molecule has 1 amide bonds. The van der Waals surface area contributed by atoms with Crippen molar-refractivity contribution >= 4 is 33.4 Å². The molecule has 0 unspecified atom stereocenters. The van der Waals surface area contributed by atoms with E-state index < -0.39 is 28.1 Å². The molecule has 0 saturated heterocycles. The molecule has 0 aliphatic heterocycles. The van der Waals surface area contributed by atoms with Gasteiger partial charge in [-0.1, -0.05) is 0 Å². The van der Waals surface area contributed by atoms with Crippen molar-refractivity contribution in [3.8, 4) is 0 Å². The number of benzene rings is 1. The molecule has 8 heteroatoms. The average Bonchev–Trinajstić information content (AvgIpc) is 2.29. The Morgan fingerprint density at radius 1 is 1.45 bits per heavy atom. The molecule has 1 aromatic carbocycles. The van der Waals surface area contributed by atoms with E-state index in [9.17, 15) is 19.3 Å². The lowest BCUT2D eigenvalue weighted by Crippen LogP contribution is -2.34. The van der Waals surface area contributed by atoms with E-state index in [-0.39, 0.29) is 10.2 Å². The number of halogens is 2. The van der Waals surface area contributed by atoms with E-state index in [4.69, 9.17) is 4.74 Å². The summed E-state index contributed by atoms with van der Waals surface area (Å²) in [6.07, 6.45) is -0.813. The van der Waals surface area contributed by atoms with Crippen LogP contribution in [0.25, 0.3) is 0 Å². The largest absolute Gasteiger partial charge is 0.443 e. The molecule has 0 N–H and O–H groups in total. The average molecular weight is 349 g/mol. The molecule has 0 fully saturated rings. The lowest BCUT2D eigenvalue weighted by molar-refractivity contribution is -0.384. The summed E-state index contributed by atoms with van der Waals surface area (Å²) in [5, 5.41) is 11.0. The number of carbonyl (C=O) groups is 1. The second kappa shape index (κ2) is 5.74. The highest BCUT2D eigenvalue weighted by molar-refractivity contribution is 9.10. The van der Waals surface area contributed by atoms with Crippen molar-refractivity contribution in [1.82, 2.24) is 0 Å². The number of anilines is 1. The highest BCUT2D eigenvalue weighted by Gasteiger charge is 2.29. The molecule has 0 spiro atoms. The molecular formula is C12H14BrFN2O4. The lowest BCUT2D eigenvalue weighted by atomic mass is 10.2. The molecule has 0 radical (unpaired) electrons. The van der Waals surface area contributed by atoms with E-state index in [0.717, 1.165) is 17.0 Å². The van der Waals surface area contributed by atoms with Crippen LogP contribution in [-0.2, 0) is 4.74 Å². The number of ether oxygens (including phenoxy) is 1. The third-order valence-electron chi connectivity index (χ3n) is 2.25. The van der Waals surface area contributed by atoms with E-state index >= 15 is 0 Å². The summed E-state index contributed by atoms with van der Waals surface area (Å²) >= 11 is 2.92. The third-order valence-corrected chi connectivity index (χ3v) is 3.00. The van der Waals surface area contributed by atoms with Crippen molar-refractivity contribution < 1.29 is 18.8 Å². The standard InChI is InChI=1S/C12H14BrFN2O4/c1-12(2,3)20-11(17)15(4)10-8(16(18)19)6-5-7(14)9(10)13/h5-6H,1-4H3. The fourth-order valence-electron chi connectivity index (χ4n) is 1.42. The van der Waals surface area contributed by atoms with Gasteiger partial charge in [-0.25, -0.2) is 9.18 Å². The number of carbonyl (C=O) groups excluding carboxylic acids is 1. The Labute approximate surface area is 123 Å². The van der Waals surface area contributed by atoms with Crippen molar-refractivity contribution in [3.63, 3.8) is 0 Å². The van der Waals surface area contributed by atoms with Gasteiger partial charge in [-0.3, -0.25) is 15.0 Å². The second-order valence-corrected chi connectivity index (χ2v) is 5.82. The summed E-state index contributed by atoms with van der Waals surface area (Å²) in [5.74, 6) is -0.707. The fourth-order valence-corrected chi connectivity index (χ4v) is 2.02. The van der Waals surface area contributed by atoms with Gasteiger partial charge >= 0.3 is 6.09 Å². The van der Waals surface area contributed by atoms with Crippen LogP contribution in [0.1, 0.15) is 20.8 Å². The molecular weight excluding hydrogens is 335 g/mol. The Balaban J connectivity index is 3.27. The second-order valence-electron chi connectivity index (χ2n) is 5.03. The maximum atomic E-state index is 13.5. The Bertz CT molecular complexity index is 557. The quantitative estimate of drug-likeness (QED) is 0.600. The number of nitro benzene ring substituents is 1. The molecule has 0 aliphatic carbocycles. The van der Waals surface area contributed by atoms with Gasteiger partial charge in [-0.2, -0.15) is 0 Å². The highest BCUT2D eigenvalue weighted by Crippen LogP contribution is 2.37. The molecule has 0 atom stereocenters. The molecule has 0 aromatic heterocycles. The fraction of sp³-hybridized carbons (Fsp3) is 0.417. The number of rotatable bonds is 2. The van der Waals surface area contributed by atoms with Crippen molar-refractivity contribution in [3.05, 3.63) is 32.5 Å². The first-order chi connectivity index (χ1) is 9.04. The van der Waals surface area contributed by atoms with Crippen molar-refractivity contribution in [1.29, 1.82) is 0 Å². The first kappa shape index (κ1) is 16.4. The predicted octanol–water partition coefficient (Wildman–Crippen LogP) is 3.87. The van der Waals surface area contributed by atoms with Crippen LogP contribution in [0.4, 0.5) is 20.6 Å². The molecule has 0 heterocycles. The zero-order valence-corrected chi connectivity index (χ0v) is 13.0. The monoisotopic (exact) mass is 348 g/mol. The number of nitrogens with zero attached hydrogens (tertiary/aromatic N) is 2. The normalized spacial score (nSPS) is 11.1. The SMILES string of the molecule is CN(C(=O)OC(C)(C)C)c1c([N+](=O)[O-])ccc(F)c1Br. The van der Waals surface area contributed by atoms with Gasteiger partial charge in [0.2, 0.25) is 0 Å². The summed E-state index contributed by atoms with van der Waals surface area (Å²) in [5.41, 5.74) is -1.35. The molecule has 0 aliphatic rings. The topological polar surface area (TPSA) is 72.7 Å². The van der Waals surface area contributed by atoms with Gasteiger partial charge in [0.15, 0.2) is 0 Å². The van der Waals surface area contributed by atoms with Crippen molar-refractivity contribution in [2.75, 3.05) is 11.9 Å². The van der Waals surface area contributed by atoms with Crippen LogP contribution in [0.2, 0.25) is 0 Å². The summed E-state index contributed by atoms with van der Waals surface area (Å²) in [6, 6.07) is 1.95. The first-order valence-corrected chi connectivity index (χ1v) is 6.43. The molecule has 0 bridgehead atoms. The maximum absolute atomic E-state index is 13.5. The zero-order valence-electron chi connectivity index (χ0n) is 11.4. The van der Waals surface area contributed by atoms with Gasteiger partial charge in [0.05, 0.1) is 9.40 Å². The van der Waals surface area contributed by atoms with Crippen LogP contribution >= 0.6 is 15.9 Å². The zero-order chi connectivity index (χ0) is 15.7. The summed E-state index contributed by atoms with van der Waals surface area (Å²) in [4.78, 5) is 23.1. The molecule has 20 heavy (non-hydrogen) atoms. The van der Waals surface area contributed by atoms with E-state index in [1.165, 1.54) is 7.05 Å². The van der Waals surface area contributed by atoms with E-state index in [2.05, 4.69) is 15.9 Å². The number of amides is 1. The molecule has 0 saturated carbocycles. The Morgan fingerprint density at radius 3 is 2.45 bits per heavy atom. The Morgan fingerprint density at radius 2 is 2.00 bits per heavy atom. The Hall–Kier alpha value is -1.70. The van der Waals surface area contributed by atoms with Crippen molar-refractivity contribution in [2.45, 2.75) is 26.4 Å². The molecule has 1 rings (SSSR count).